The maximum absolute atomic E-state index is 11.2. The van der Waals surface area contributed by atoms with Crippen LogP contribution in [0.25, 0.3) is 11.1 Å². The Hall–Kier alpha value is -5.49. The number of fused-ring (bicyclic) bond motifs is 4. The summed E-state index contributed by atoms with van der Waals surface area (Å²) in [6, 6.07) is 12.0. The molecule has 6 nitrogen and oxygen atoms in total. The third-order valence-corrected chi connectivity index (χ3v) is 7.79. The van der Waals surface area contributed by atoms with E-state index in [0.717, 1.165) is 73.5 Å². The van der Waals surface area contributed by atoms with E-state index in [1.165, 1.54) is 16.7 Å². The van der Waals surface area contributed by atoms with Gasteiger partial charge in [0.25, 0.3) is 0 Å². The van der Waals surface area contributed by atoms with Crippen LogP contribution < -0.4 is 0 Å². The average molecular weight is 561 g/mol. The van der Waals surface area contributed by atoms with Crippen molar-refractivity contribution in [2.24, 2.45) is 20.0 Å². The number of aliphatic imine (C=N–C) groups is 4. The van der Waals surface area contributed by atoms with E-state index >= 15 is 0 Å². The van der Waals surface area contributed by atoms with Gasteiger partial charge < -0.3 is 5.11 Å². The van der Waals surface area contributed by atoms with Gasteiger partial charge in [-0.25, -0.2) is 20.0 Å². The van der Waals surface area contributed by atoms with E-state index in [1.54, 1.807) is 0 Å². The van der Waals surface area contributed by atoms with Crippen LogP contribution in [0.5, 0.6) is 0 Å². The van der Waals surface area contributed by atoms with E-state index < -0.39 is 5.97 Å². The Morgan fingerprint density at radius 1 is 0.651 bits per heavy atom. The second-order valence-electron chi connectivity index (χ2n) is 11.1. The number of benzene rings is 2. The molecule has 5 aliphatic rings. The first-order valence-electron chi connectivity index (χ1n) is 14.2. The predicted molar refractivity (Wildman–Crippen MR) is 175 cm³/mol. The van der Waals surface area contributed by atoms with Crippen LogP contribution in [0.15, 0.2) is 140 Å². The molecule has 0 radical (unpaired) electrons. The Labute approximate surface area is 250 Å². The summed E-state index contributed by atoms with van der Waals surface area (Å²) < 4.78 is 0. The standard InChI is InChI=1S/C37H28N4O2/c1-21-16-22(2)35(23(3)17-21)37-32-14-10-28(40-32)19-26-8-12-30(38-26)36(25-6-4-24(5-7-25)18-34(42)43)31-13-9-27(39-31)20-29-11-15-33(37)41-29/h4-17,19-20H,18H2,1-3H3,(H,42,43). The third-order valence-electron chi connectivity index (χ3n) is 7.79. The maximum atomic E-state index is 11.2. The van der Waals surface area contributed by atoms with E-state index in [1.807, 2.05) is 72.9 Å². The largest absolute Gasteiger partial charge is 0.481 e. The van der Waals surface area contributed by atoms with Gasteiger partial charge in [-0.05, 0) is 109 Å². The van der Waals surface area contributed by atoms with E-state index in [0.29, 0.717) is 0 Å². The highest BCUT2D eigenvalue weighted by Crippen LogP contribution is 2.35. The number of rotatable bonds is 4. The highest BCUT2D eigenvalue weighted by molar-refractivity contribution is 6.34. The fraction of sp³-hybridized carbons (Fsp3) is 0.108. The van der Waals surface area contributed by atoms with Crippen molar-refractivity contribution in [2.45, 2.75) is 27.2 Å². The first-order chi connectivity index (χ1) is 20.8. The fourth-order valence-electron chi connectivity index (χ4n) is 6.05. The molecule has 0 aliphatic carbocycles. The van der Waals surface area contributed by atoms with Crippen LogP contribution in [0.1, 0.15) is 33.4 Å². The van der Waals surface area contributed by atoms with Crippen LogP contribution in [0.4, 0.5) is 0 Å². The maximum Gasteiger partial charge on any atom is 0.307 e. The van der Waals surface area contributed by atoms with Gasteiger partial charge in [-0.3, -0.25) is 4.79 Å². The molecule has 0 amide bonds. The fourth-order valence-corrected chi connectivity index (χ4v) is 6.05. The molecule has 0 atom stereocenters. The summed E-state index contributed by atoms with van der Waals surface area (Å²) >= 11 is 0. The van der Waals surface area contributed by atoms with Crippen molar-refractivity contribution in [3.63, 3.8) is 0 Å². The molecule has 0 unspecified atom stereocenters. The van der Waals surface area contributed by atoms with Crippen LogP contribution in [0, 0.1) is 20.8 Å². The molecule has 0 fully saturated rings. The summed E-state index contributed by atoms with van der Waals surface area (Å²) in [6.07, 6.45) is 20.1. The lowest BCUT2D eigenvalue weighted by Gasteiger charge is -2.16. The molecule has 1 N–H and O–H groups in total. The Morgan fingerprint density at radius 3 is 1.74 bits per heavy atom. The number of hydrogen-bond acceptors (Lipinski definition) is 5. The highest BCUT2D eigenvalue weighted by Gasteiger charge is 2.23. The molecule has 0 saturated carbocycles. The van der Waals surface area contributed by atoms with Crippen LogP contribution >= 0.6 is 0 Å². The molecule has 0 aromatic heterocycles. The lowest BCUT2D eigenvalue weighted by molar-refractivity contribution is -0.136. The first-order valence-corrected chi connectivity index (χ1v) is 14.2. The van der Waals surface area contributed by atoms with E-state index in [4.69, 9.17) is 20.0 Å². The SMILES string of the molecule is Cc1cc(C)c(C2=C3C=CC(=N3)C=C3C=CC(=N3)C(c3ccc(CC(=O)O)cc3)=C3C=CC(=N3)C=C3C=CC2=N3)c(C)c1. The molecule has 2 aromatic carbocycles. The average Bonchev–Trinajstić information content (AvgIpc) is 3.77. The molecule has 0 saturated heterocycles. The van der Waals surface area contributed by atoms with Crippen LogP contribution in [0.2, 0.25) is 0 Å². The molecule has 43 heavy (non-hydrogen) atoms. The smallest absolute Gasteiger partial charge is 0.307 e. The molecule has 8 bridgehead atoms. The number of carboxylic acid groups (broad SMARTS) is 1. The van der Waals surface area contributed by atoms with Crippen molar-refractivity contribution in [1.82, 2.24) is 0 Å². The number of aryl methyl sites for hydroxylation is 3. The molecule has 6 heteroatoms. The van der Waals surface area contributed by atoms with Crippen LogP contribution in [-0.2, 0) is 11.2 Å². The Kier molecular flexibility index (Phi) is 6.39. The van der Waals surface area contributed by atoms with Crippen molar-refractivity contribution in [3.05, 3.63) is 153 Å². The second kappa shape index (κ2) is 10.4. The van der Waals surface area contributed by atoms with Gasteiger partial charge in [0.2, 0.25) is 0 Å². The number of carbonyl (C=O) groups is 1. The number of hydrogen-bond donors (Lipinski definition) is 1. The van der Waals surface area contributed by atoms with Gasteiger partial charge in [0, 0.05) is 11.1 Å². The molecule has 208 valence electrons. The lowest BCUT2D eigenvalue weighted by atomic mass is 9.90. The van der Waals surface area contributed by atoms with Crippen molar-refractivity contribution < 1.29 is 9.90 Å². The van der Waals surface area contributed by atoms with Gasteiger partial charge in [0.15, 0.2) is 0 Å². The molecule has 0 spiro atoms. The van der Waals surface area contributed by atoms with Crippen molar-refractivity contribution in [1.29, 1.82) is 0 Å². The van der Waals surface area contributed by atoms with Gasteiger partial charge in [-0.1, -0.05) is 42.0 Å². The van der Waals surface area contributed by atoms with Gasteiger partial charge in [-0.2, -0.15) is 0 Å². The summed E-state index contributed by atoms with van der Waals surface area (Å²) in [5.74, 6) is -0.858. The highest BCUT2D eigenvalue weighted by atomic mass is 16.4. The van der Waals surface area contributed by atoms with E-state index in [-0.39, 0.29) is 6.42 Å². The normalized spacial score (nSPS) is 18.2. The van der Waals surface area contributed by atoms with Gasteiger partial charge >= 0.3 is 5.97 Å². The van der Waals surface area contributed by atoms with E-state index in [9.17, 15) is 9.90 Å². The molecule has 2 aromatic rings. The summed E-state index contributed by atoms with van der Waals surface area (Å²) in [4.78, 5) is 31.2. The summed E-state index contributed by atoms with van der Waals surface area (Å²) in [5.41, 5.74) is 14.8. The number of carboxylic acids is 1. The zero-order valence-corrected chi connectivity index (χ0v) is 24.1. The molecular weight excluding hydrogens is 532 g/mol. The lowest BCUT2D eigenvalue weighted by Crippen LogP contribution is -2.05. The minimum Gasteiger partial charge on any atom is -0.481 e. The van der Waals surface area contributed by atoms with Crippen LogP contribution in [-0.4, -0.2) is 33.9 Å². The summed E-state index contributed by atoms with van der Waals surface area (Å²) in [5, 5.41) is 9.20. The molecule has 5 heterocycles. The van der Waals surface area contributed by atoms with Crippen LogP contribution in [0.3, 0.4) is 0 Å². The molecular formula is C37H28N4O2. The Bertz CT molecular complexity index is 1990. The quantitative estimate of drug-likeness (QED) is 0.429. The number of aliphatic carboxylic acids is 1. The van der Waals surface area contributed by atoms with E-state index in [2.05, 4.69) is 45.1 Å². The zero-order chi connectivity index (χ0) is 29.7. The summed E-state index contributed by atoms with van der Waals surface area (Å²) in [6.45, 7) is 6.41. The third kappa shape index (κ3) is 5.08. The zero-order valence-electron chi connectivity index (χ0n) is 24.1. The topological polar surface area (TPSA) is 86.7 Å². The Balaban J connectivity index is 1.40. The second-order valence-corrected chi connectivity index (χ2v) is 11.1. The van der Waals surface area contributed by atoms with Crippen molar-refractivity contribution >= 4 is 40.0 Å². The summed E-state index contributed by atoms with van der Waals surface area (Å²) in [7, 11) is 0. The van der Waals surface area contributed by atoms with Gasteiger partial charge in [-0.15, -0.1) is 0 Å². The van der Waals surface area contributed by atoms with Gasteiger partial charge in [0.1, 0.15) is 0 Å². The van der Waals surface area contributed by atoms with Gasteiger partial charge in [0.05, 0.1) is 52.1 Å². The van der Waals surface area contributed by atoms with Crippen molar-refractivity contribution in [2.75, 3.05) is 0 Å². The number of allylic oxidation sites excluding steroid dienone is 12. The minimum absolute atomic E-state index is 0.0253. The molecule has 5 aliphatic heterocycles. The minimum atomic E-state index is -0.858. The predicted octanol–water partition coefficient (Wildman–Crippen LogP) is 7.19. The number of nitrogens with zero attached hydrogens (tertiary/aromatic N) is 4. The first kappa shape index (κ1) is 26.4. The Morgan fingerprint density at radius 2 is 1.19 bits per heavy atom. The monoisotopic (exact) mass is 560 g/mol. The molecule has 7 rings (SSSR count). The van der Waals surface area contributed by atoms with Crippen molar-refractivity contribution in [3.8, 4) is 0 Å².